The van der Waals surface area contributed by atoms with E-state index in [1.807, 2.05) is 23.8 Å². The number of nitrogens with one attached hydrogen (secondary N) is 1. The van der Waals surface area contributed by atoms with Crippen LogP contribution in [0.15, 0.2) is 85.2 Å². The van der Waals surface area contributed by atoms with Gasteiger partial charge >= 0.3 is 5.91 Å². The number of anilines is 1. The van der Waals surface area contributed by atoms with Crippen LogP contribution < -0.4 is 14.8 Å². The van der Waals surface area contributed by atoms with Crippen LogP contribution in [-0.2, 0) is 6.54 Å². The first-order valence-corrected chi connectivity index (χ1v) is 12.2. The highest BCUT2D eigenvalue weighted by Gasteiger charge is 2.21. The van der Waals surface area contributed by atoms with Gasteiger partial charge in [0.1, 0.15) is 11.3 Å². The summed E-state index contributed by atoms with van der Waals surface area (Å²) in [6, 6.07) is 17.1. The normalized spacial score (nSPS) is 11.9. The van der Waals surface area contributed by atoms with Crippen LogP contribution in [0, 0.1) is 22.8 Å². The summed E-state index contributed by atoms with van der Waals surface area (Å²) in [6.07, 6.45) is 3.39. The highest BCUT2D eigenvalue weighted by atomic mass is 19.1. The van der Waals surface area contributed by atoms with Crippen molar-refractivity contribution in [3.8, 4) is 22.8 Å². The maximum atomic E-state index is 15.0. The van der Waals surface area contributed by atoms with E-state index in [0.717, 1.165) is 6.07 Å². The number of fused-ring (bicyclic) bond motifs is 1. The average Bonchev–Trinajstić information content (AvgIpc) is 3.34. The SMILES string of the molecule is C[C@@H](CO)Cn1ccc2nccc(Oc3ccc(NC(=O)c4cccc(-c5ccc(F)cc5)[n+]4[O-])cc3F)c21. The molecule has 198 valence electrons. The molecule has 1 amide bonds. The molecule has 10 heteroatoms. The summed E-state index contributed by atoms with van der Waals surface area (Å²) in [7, 11) is 0. The molecule has 0 bridgehead atoms. The summed E-state index contributed by atoms with van der Waals surface area (Å²) < 4.78 is 36.5. The zero-order valence-corrected chi connectivity index (χ0v) is 20.8. The summed E-state index contributed by atoms with van der Waals surface area (Å²) in [5.41, 5.74) is 1.84. The van der Waals surface area contributed by atoms with Crippen molar-refractivity contribution in [2.24, 2.45) is 5.92 Å². The molecule has 0 saturated carbocycles. The Morgan fingerprint density at radius 2 is 1.90 bits per heavy atom. The Morgan fingerprint density at radius 3 is 2.64 bits per heavy atom. The van der Waals surface area contributed by atoms with E-state index in [1.54, 1.807) is 12.3 Å². The van der Waals surface area contributed by atoms with Gasteiger partial charge in [0, 0.05) is 61.1 Å². The van der Waals surface area contributed by atoms with Gasteiger partial charge in [0.2, 0.25) is 5.69 Å². The van der Waals surface area contributed by atoms with Gasteiger partial charge in [-0.2, -0.15) is 4.73 Å². The lowest BCUT2D eigenvalue weighted by Gasteiger charge is -2.14. The van der Waals surface area contributed by atoms with Gasteiger partial charge in [-0.25, -0.2) is 8.78 Å². The van der Waals surface area contributed by atoms with Gasteiger partial charge in [0.25, 0.3) is 5.69 Å². The van der Waals surface area contributed by atoms with E-state index in [1.165, 1.54) is 54.6 Å². The minimum Gasteiger partial charge on any atom is -0.618 e. The molecule has 5 rings (SSSR count). The Balaban J connectivity index is 1.36. The van der Waals surface area contributed by atoms with Gasteiger partial charge in [-0.05, 0) is 54.4 Å². The Labute approximate surface area is 222 Å². The average molecular weight is 531 g/mol. The number of ether oxygens (including phenoxy) is 1. The number of aromatic nitrogens is 3. The summed E-state index contributed by atoms with van der Waals surface area (Å²) in [5, 5.41) is 24.8. The van der Waals surface area contributed by atoms with Crippen molar-refractivity contribution in [1.82, 2.24) is 9.55 Å². The van der Waals surface area contributed by atoms with Crippen molar-refractivity contribution in [3.63, 3.8) is 0 Å². The molecule has 0 aliphatic heterocycles. The van der Waals surface area contributed by atoms with Crippen molar-refractivity contribution in [3.05, 3.63) is 108 Å². The van der Waals surface area contributed by atoms with E-state index in [4.69, 9.17) is 4.74 Å². The summed E-state index contributed by atoms with van der Waals surface area (Å²) >= 11 is 0. The molecule has 0 fully saturated rings. The number of carbonyl (C=O) groups is 1. The number of pyridine rings is 2. The number of rotatable bonds is 8. The second kappa shape index (κ2) is 10.9. The molecule has 2 aromatic carbocycles. The maximum Gasteiger partial charge on any atom is 0.321 e. The molecule has 0 unspecified atom stereocenters. The fraction of sp³-hybridized carbons (Fsp3) is 0.138. The van der Waals surface area contributed by atoms with Crippen LogP contribution in [0.2, 0.25) is 0 Å². The Kier molecular flexibility index (Phi) is 7.20. The van der Waals surface area contributed by atoms with Gasteiger partial charge < -0.3 is 24.9 Å². The minimum absolute atomic E-state index is 0.00234. The molecule has 0 aliphatic carbocycles. The molecular formula is C29H24F2N4O4. The molecule has 3 heterocycles. The molecule has 39 heavy (non-hydrogen) atoms. The maximum absolute atomic E-state index is 15.0. The third kappa shape index (κ3) is 5.41. The van der Waals surface area contributed by atoms with Gasteiger partial charge in [-0.15, -0.1) is 0 Å². The van der Waals surface area contributed by atoms with E-state index in [-0.39, 0.29) is 35.3 Å². The van der Waals surface area contributed by atoms with Gasteiger partial charge in [-0.3, -0.25) is 9.78 Å². The number of hydrogen-bond donors (Lipinski definition) is 2. The number of carbonyl (C=O) groups excluding carboxylic acids is 1. The number of aliphatic hydroxyl groups is 1. The van der Waals surface area contributed by atoms with Crippen molar-refractivity contribution >= 4 is 22.6 Å². The molecule has 8 nitrogen and oxygen atoms in total. The molecule has 3 aromatic heterocycles. The third-order valence-corrected chi connectivity index (χ3v) is 6.16. The Bertz CT molecular complexity index is 1650. The van der Waals surface area contributed by atoms with E-state index in [2.05, 4.69) is 10.3 Å². The predicted octanol–water partition coefficient (Wildman–Crippen LogP) is 5.29. The molecule has 5 aromatic rings. The van der Waals surface area contributed by atoms with Gasteiger partial charge in [0.15, 0.2) is 17.3 Å². The highest BCUT2D eigenvalue weighted by Crippen LogP contribution is 2.32. The van der Waals surface area contributed by atoms with Crippen LogP contribution in [0.5, 0.6) is 11.5 Å². The number of benzene rings is 2. The first-order valence-electron chi connectivity index (χ1n) is 12.2. The third-order valence-electron chi connectivity index (χ3n) is 6.16. The molecule has 0 spiro atoms. The van der Waals surface area contributed by atoms with Gasteiger partial charge in [0.05, 0.1) is 5.52 Å². The Morgan fingerprint density at radius 1 is 1.10 bits per heavy atom. The minimum atomic E-state index is -0.742. The van der Waals surface area contributed by atoms with E-state index in [9.17, 15) is 19.5 Å². The van der Waals surface area contributed by atoms with Crippen molar-refractivity contribution in [1.29, 1.82) is 0 Å². The monoisotopic (exact) mass is 530 g/mol. The fourth-order valence-corrected chi connectivity index (χ4v) is 4.20. The highest BCUT2D eigenvalue weighted by molar-refractivity contribution is 6.02. The standard InChI is InChI=1S/C29H24F2N4O4/c1-18(17-36)16-34-14-12-23-28(34)27(11-13-32-23)39-26-10-9-21(15-22(26)31)33-29(37)25-4-2-3-24(35(25)38)19-5-7-20(30)8-6-19/h2-15,18,36H,16-17H2,1H3,(H,33,37)/t18-/m1/s1. The molecule has 0 aliphatic rings. The molecular weight excluding hydrogens is 506 g/mol. The number of hydrogen-bond acceptors (Lipinski definition) is 5. The molecule has 2 N–H and O–H groups in total. The summed E-state index contributed by atoms with van der Waals surface area (Å²) in [6.45, 7) is 2.45. The van der Waals surface area contributed by atoms with Crippen molar-refractivity contribution < 1.29 is 28.1 Å². The lowest BCUT2D eigenvalue weighted by atomic mass is 10.1. The summed E-state index contributed by atoms with van der Waals surface area (Å²) in [5.74, 6) is -1.60. The second-order valence-corrected chi connectivity index (χ2v) is 9.10. The molecule has 0 radical (unpaired) electrons. The first-order chi connectivity index (χ1) is 18.8. The van der Waals surface area contributed by atoms with E-state index in [0.29, 0.717) is 33.6 Å². The van der Waals surface area contributed by atoms with Crippen LogP contribution >= 0.6 is 0 Å². The first kappa shape index (κ1) is 25.8. The lowest BCUT2D eigenvalue weighted by molar-refractivity contribution is -0.595. The molecule has 1 atom stereocenters. The second-order valence-electron chi connectivity index (χ2n) is 9.10. The molecule has 0 saturated heterocycles. The number of aliphatic hydroxyl groups excluding tert-OH is 1. The zero-order chi connectivity index (χ0) is 27.5. The van der Waals surface area contributed by atoms with Crippen LogP contribution in [0.3, 0.4) is 0 Å². The smallest absolute Gasteiger partial charge is 0.321 e. The van der Waals surface area contributed by atoms with Crippen molar-refractivity contribution in [2.75, 3.05) is 11.9 Å². The van der Waals surface area contributed by atoms with Crippen LogP contribution in [0.4, 0.5) is 14.5 Å². The van der Waals surface area contributed by atoms with E-state index < -0.39 is 17.5 Å². The lowest BCUT2D eigenvalue weighted by Crippen LogP contribution is -2.38. The number of halogens is 2. The zero-order valence-electron chi connectivity index (χ0n) is 20.8. The topological polar surface area (TPSA) is 103 Å². The fourth-order valence-electron chi connectivity index (χ4n) is 4.20. The van der Waals surface area contributed by atoms with Crippen LogP contribution in [-0.4, -0.2) is 27.2 Å². The van der Waals surface area contributed by atoms with E-state index >= 15 is 4.39 Å². The summed E-state index contributed by atoms with van der Waals surface area (Å²) in [4.78, 5) is 17.2. The number of nitrogens with zero attached hydrogens (tertiary/aromatic N) is 3. The number of amides is 1. The predicted molar refractivity (Wildman–Crippen MR) is 141 cm³/mol. The van der Waals surface area contributed by atoms with Gasteiger partial charge in [-0.1, -0.05) is 6.92 Å². The van der Waals surface area contributed by atoms with Crippen molar-refractivity contribution in [2.45, 2.75) is 13.5 Å². The Hall–Kier alpha value is -4.83. The largest absolute Gasteiger partial charge is 0.618 e. The van der Waals surface area contributed by atoms with Crippen LogP contribution in [0.1, 0.15) is 17.4 Å². The van der Waals surface area contributed by atoms with Crippen LogP contribution in [0.25, 0.3) is 22.3 Å². The quantitative estimate of drug-likeness (QED) is 0.210.